The van der Waals surface area contributed by atoms with E-state index in [1.165, 1.54) is 6.07 Å². The largest absolute Gasteiger partial charge is 0.379 e. The summed E-state index contributed by atoms with van der Waals surface area (Å²) < 4.78 is 13.5. The second kappa shape index (κ2) is 6.29. The van der Waals surface area contributed by atoms with Gasteiger partial charge in [-0.2, -0.15) is 0 Å². The monoisotopic (exact) mass is 331 g/mol. The van der Waals surface area contributed by atoms with Crippen molar-refractivity contribution < 1.29 is 9.31 Å². The molecule has 1 saturated heterocycles. The fourth-order valence-corrected chi connectivity index (χ4v) is 2.54. The van der Waals surface area contributed by atoms with Crippen LogP contribution in [0.5, 0.6) is 0 Å². The summed E-state index contributed by atoms with van der Waals surface area (Å²) in [5, 5.41) is 17.2. The zero-order valence-corrected chi connectivity index (χ0v) is 11.9. The molecule has 2 N–H and O–H groups in total. The van der Waals surface area contributed by atoms with Gasteiger partial charge in [-0.25, -0.2) is 4.39 Å². The van der Waals surface area contributed by atoms with Crippen LogP contribution >= 0.6 is 15.9 Å². The van der Waals surface area contributed by atoms with Gasteiger partial charge in [0, 0.05) is 6.54 Å². The lowest BCUT2D eigenvalue weighted by atomic mass is 10.1. The Balaban J connectivity index is 2.01. The van der Waals surface area contributed by atoms with E-state index in [1.807, 2.05) is 0 Å². The summed E-state index contributed by atoms with van der Waals surface area (Å²) in [5.74, 6) is -0.0207. The molecule has 0 aliphatic carbocycles. The van der Waals surface area contributed by atoms with E-state index < -0.39 is 10.7 Å². The van der Waals surface area contributed by atoms with Gasteiger partial charge in [0.1, 0.15) is 11.5 Å². The average molecular weight is 332 g/mol. The van der Waals surface area contributed by atoms with Gasteiger partial charge in [0.05, 0.1) is 15.5 Å². The molecule has 2 rings (SSSR count). The molecule has 104 valence electrons. The highest BCUT2D eigenvalue weighted by Crippen LogP contribution is 2.30. The quantitative estimate of drug-likeness (QED) is 0.643. The van der Waals surface area contributed by atoms with Crippen LogP contribution < -0.4 is 10.6 Å². The lowest BCUT2D eigenvalue weighted by Gasteiger charge is -2.11. The average Bonchev–Trinajstić information content (AvgIpc) is 2.86. The Hall–Kier alpha value is -1.21. The molecule has 1 aliphatic heterocycles. The van der Waals surface area contributed by atoms with Crippen LogP contribution in [0.4, 0.5) is 15.8 Å². The molecule has 5 nitrogen and oxygen atoms in total. The van der Waals surface area contributed by atoms with Gasteiger partial charge in [-0.1, -0.05) is 0 Å². The smallest absolute Gasteiger partial charge is 0.295 e. The van der Waals surface area contributed by atoms with Gasteiger partial charge in [0.25, 0.3) is 5.69 Å². The van der Waals surface area contributed by atoms with E-state index in [1.54, 1.807) is 0 Å². The molecule has 0 spiro atoms. The van der Waals surface area contributed by atoms with Gasteiger partial charge in [-0.05, 0) is 53.8 Å². The highest BCUT2D eigenvalue weighted by Gasteiger charge is 2.18. The second-order valence-electron chi connectivity index (χ2n) is 4.61. The van der Waals surface area contributed by atoms with Crippen LogP contribution in [0.25, 0.3) is 0 Å². The van der Waals surface area contributed by atoms with E-state index in [0.717, 1.165) is 32.0 Å². The summed E-state index contributed by atoms with van der Waals surface area (Å²) in [6.45, 7) is 2.68. The molecular weight excluding hydrogens is 317 g/mol. The van der Waals surface area contributed by atoms with Crippen molar-refractivity contribution in [2.45, 2.75) is 12.8 Å². The topological polar surface area (TPSA) is 67.2 Å². The predicted octanol–water partition coefficient (Wildman–Crippen LogP) is 2.91. The van der Waals surface area contributed by atoms with Gasteiger partial charge < -0.3 is 10.6 Å². The van der Waals surface area contributed by atoms with Crippen molar-refractivity contribution in [2.75, 3.05) is 25.0 Å². The summed E-state index contributed by atoms with van der Waals surface area (Å²) >= 11 is 3.04. The van der Waals surface area contributed by atoms with Crippen LogP contribution in [0.3, 0.4) is 0 Å². The number of anilines is 1. The standard InChI is InChI=1S/C12H15BrFN3O2/c13-9-5-11(12(17(18)19)6-10(9)14)16-4-2-8-1-3-15-7-8/h5-6,8,15-16H,1-4,7H2. The van der Waals surface area contributed by atoms with Crippen molar-refractivity contribution in [1.29, 1.82) is 0 Å². The molecule has 0 aromatic heterocycles. The zero-order chi connectivity index (χ0) is 13.8. The number of benzene rings is 1. The minimum atomic E-state index is -0.628. The Labute approximate surface area is 118 Å². The molecular formula is C12H15BrFN3O2. The fourth-order valence-electron chi connectivity index (χ4n) is 2.20. The Morgan fingerprint density at radius 1 is 1.58 bits per heavy atom. The minimum absolute atomic E-state index is 0.225. The summed E-state index contributed by atoms with van der Waals surface area (Å²) in [5.41, 5.74) is 0.120. The molecule has 1 aromatic rings. The molecule has 0 radical (unpaired) electrons. The number of nitro groups is 1. The van der Waals surface area contributed by atoms with Crippen LogP contribution in [-0.4, -0.2) is 24.6 Å². The molecule has 0 amide bonds. The van der Waals surface area contributed by atoms with Crippen LogP contribution in [0, 0.1) is 21.8 Å². The van der Waals surface area contributed by atoms with Crippen molar-refractivity contribution in [2.24, 2.45) is 5.92 Å². The first-order chi connectivity index (χ1) is 9.08. The third-order valence-corrected chi connectivity index (χ3v) is 3.87. The SMILES string of the molecule is O=[N+]([O-])c1cc(F)c(Br)cc1NCCC1CCNC1. The number of halogens is 2. The fraction of sp³-hybridized carbons (Fsp3) is 0.500. The summed E-state index contributed by atoms with van der Waals surface area (Å²) in [6, 6.07) is 2.35. The number of hydrogen-bond acceptors (Lipinski definition) is 4. The molecule has 1 aliphatic rings. The van der Waals surface area contributed by atoms with Gasteiger partial charge in [0.15, 0.2) is 0 Å². The Kier molecular flexibility index (Phi) is 4.71. The van der Waals surface area contributed by atoms with Crippen molar-refractivity contribution in [3.8, 4) is 0 Å². The number of rotatable bonds is 5. The third-order valence-electron chi connectivity index (χ3n) is 3.27. The molecule has 19 heavy (non-hydrogen) atoms. The van der Waals surface area contributed by atoms with Crippen molar-refractivity contribution >= 4 is 27.3 Å². The molecule has 0 saturated carbocycles. The zero-order valence-electron chi connectivity index (χ0n) is 10.3. The number of nitrogens with one attached hydrogen (secondary N) is 2. The first-order valence-electron chi connectivity index (χ1n) is 6.16. The van der Waals surface area contributed by atoms with Crippen LogP contribution in [-0.2, 0) is 0 Å². The predicted molar refractivity (Wildman–Crippen MR) is 74.8 cm³/mol. The summed E-state index contributed by atoms with van der Waals surface area (Å²) in [4.78, 5) is 10.3. The second-order valence-corrected chi connectivity index (χ2v) is 5.47. The van der Waals surface area contributed by atoms with E-state index in [9.17, 15) is 14.5 Å². The van der Waals surface area contributed by atoms with Crippen molar-refractivity contribution in [1.82, 2.24) is 5.32 Å². The van der Waals surface area contributed by atoms with E-state index in [2.05, 4.69) is 26.6 Å². The maximum absolute atomic E-state index is 13.3. The maximum Gasteiger partial charge on any atom is 0.295 e. The molecule has 1 heterocycles. The number of nitrogens with zero attached hydrogens (tertiary/aromatic N) is 1. The van der Waals surface area contributed by atoms with Crippen LogP contribution in [0.1, 0.15) is 12.8 Å². The maximum atomic E-state index is 13.3. The third kappa shape index (κ3) is 3.63. The highest BCUT2D eigenvalue weighted by molar-refractivity contribution is 9.10. The Bertz CT molecular complexity index is 478. The summed E-state index contributed by atoms with van der Waals surface area (Å²) in [7, 11) is 0. The van der Waals surface area contributed by atoms with E-state index in [0.29, 0.717) is 18.2 Å². The Morgan fingerprint density at radius 2 is 2.37 bits per heavy atom. The van der Waals surface area contributed by atoms with Gasteiger partial charge in [-0.3, -0.25) is 10.1 Å². The van der Waals surface area contributed by atoms with E-state index in [4.69, 9.17) is 0 Å². The first kappa shape index (κ1) is 14.2. The molecule has 7 heteroatoms. The lowest BCUT2D eigenvalue weighted by molar-refractivity contribution is -0.384. The van der Waals surface area contributed by atoms with Gasteiger partial charge in [-0.15, -0.1) is 0 Å². The van der Waals surface area contributed by atoms with Crippen LogP contribution in [0.2, 0.25) is 0 Å². The molecule has 1 atom stereocenters. The molecule has 1 fully saturated rings. The Morgan fingerprint density at radius 3 is 3.00 bits per heavy atom. The van der Waals surface area contributed by atoms with E-state index in [-0.39, 0.29) is 10.2 Å². The molecule has 1 aromatic carbocycles. The van der Waals surface area contributed by atoms with Crippen LogP contribution in [0.15, 0.2) is 16.6 Å². The molecule has 0 bridgehead atoms. The number of hydrogen-bond donors (Lipinski definition) is 2. The van der Waals surface area contributed by atoms with E-state index >= 15 is 0 Å². The first-order valence-corrected chi connectivity index (χ1v) is 6.95. The normalized spacial score (nSPS) is 18.5. The van der Waals surface area contributed by atoms with Crippen molar-refractivity contribution in [3.05, 3.63) is 32.5 Å². The van der Waals surface area contributed by atoms with Gasteiger partial charge in [0.2, 0.25) is 0 Å². The highest BCUT2D eigenvalue weighted by atomic mass is 79.9. The molecule has 1 unspecified atom stereocenters. The van der Waals surface area contributed by atoms with Crippen molar-refractivity contribution in [3.63, 3.8) is 0 Å². The van der Waals surface area contributed by atoms with Gasteiger partial charge >= 0.3 is 0 Å². The lowest BCUT2D eigenvalue weighted by Crippen LogP contribution is -2.13. The minimum Gasteiger partial charge on any atom is -0.379 e. The number of nitro benzene ring substituents is 1. The summed E-state index contributed by atoms with van der Waals surface area (Å²) in [6.07, 6.45) is 2.08.